The highest BCUT2D eigenvalue weighted by Gasteiger charge is 2.34. The Morgan fingerprint density at radius 3 is 2.49 bits per heavy atom. The molecule has 35 heavy (non-hydrogen) atoms. The highest BCUT2D eigenvalue weighted by atomic mass is 35.5. The minimum absolute atomic E-state index is 0.0586. The van der Waals surface area contributed by atoms with Gasteiger partial charge in [0.2, 0.25) is 15.9 Å². The summed E-state index contributed by atoms with van der Waals surface area (Å²) in [6.07, 6.45) is -4.79. The van der Waals surface area contributed by atoms with E-state index in [2.05, 4.69) is 18.8 Å². The number of rotatable bonds is 7. The summed E-state index contributed by atoms with van der Waals surface area (Å²) in [7, 11) is -4.26. The molecule has 1 atom stereocenters. The Bertz CT molecular complexity index is 1480. The van der Waals surface area contributed by atoms with E-state index in [4.69, 9.17) is 11.6 Å². The fraction of sp³-hybridized carbons (Fsp3) is 0.136. The van der Waals surface area contributed by atoms with Crippen LogP contribution in [0.25, 0.3) is 11.0 Å². The quantitative estimate of drug-likeness (QED) is 0.347. The third-order valence-corrected chi connectivity index (χ3v) is 7.35. The molecule has 0 unspecified atom stereocenters. The Morgan fingerprint density at radius 1 is 1.03 bits per heavy atom. The second kappa shape index (κ2) is 9.90. The van der Waals surface area contributed by atoms with Crippen molar-refractivity contribution >= 4 is 56.0 Å². The normalized spacial score (nSPS) is 13.0. The molecule has 0 aliphatic carbocycles. The van der Waals surface area contributed by atoms with Gasteiger partial charge in [-0.25, -0.2) is 8.42 Å². The summed E-state index contributed by atoms with van der Waals surface area (Å²) >= 11 is 6.49. The largest absolute Gasteiger partial charge is 0.417 e. The molecule has 1 heterocycles. The Hall–Kier alpha value is -3.06. The van der Waals surface area contributed by atoms with E-state index in [0.717, 1.165) is 17.8 Å². The molecule has 0 radical (unpaired) electrons. The van der Waals surface area contributed by atoms with Crippen molar-refractivity contribution in [2.24, 2.45) is 0 Å². The van der Waals surface area contributed by atoms with Crippen LogP contribution in [-0.2, 0) is 27.4 Å². The van der Waals surface area contributed by atoms with Crippen LogP contribution in [0.15, 0.2) is 71.6 Å². The molecule has 7 nitrogen and oxygen atoms in total. The smallest absolute Gasteiger partial charge is 0.325 e. The number of sulfonamides is 1. The van der Waals surface area contributed by atoms with Gasteiger partial charge in [-0.05, 0) is 42.3 Å². The van der Waals surface area contributed by atoms with Gasteiger partial charge in [-0.15, -0.1) is 0 Å². The number of aromatic nitrogens is 2. The first kappa shape index (κ1) is 25.0. The van der Waals surface area contributed by atoms with E-state index in [9.17, 15) is 26.4 Å². The van der Waals surface area contributed by atoms with Gasteiger partial charge in [0.05, 0.1) is 22.3 Å². The van der Waals surface area contributed by atoms with E-state index in [1.807, 2.05) is 0 Å². The zero-order chi connectivity index (χ0) is 25.2. The fourth-order valence-electron chi connectivity index (χ4n) is 3.34. The predicted molar refractivity (Wildman–Crippen MR) is 127 cm³/mol. The molecule has 0 saturated heterocycles. The van der Waals surface area contributed by atoms with Crippen LogP contribution in [0.3, 0.4) is 0 Å². The highest BCUT2D eigenvalue weighted by molar-refractivity contribution is 7.89. The van der Waals surface area contributed by atoms with E-state index in [1.165, 1.54) is 18.2 Å². The number of carbonyl (C=O) groups excluding carboxylic acids is 1. The molecule has 0 saturated carbocycles. The van der Waals surface area contributed by atoms with Gasteiger partial charge < -0.3 is 5.32 Å². The van der Waals surface area contributed by atoms with Crippen LogP contribution in [0.5, 0.6) is 0 Å². The van der Waals surface area contributed by atoms with Gasteiger partial charge in [-0.2, -0.15) is 26.6 Å². The zero-order valence-corrected chi connectivity index (χ0v) is 20.0. The lowest BCUT2D eigenvalue weighted by atomic mass is 10.1. The van der Waals surface area contributed by atoms with Gasteiger partial charge in [0, 0.05) is 5.69 Å². The number of hydrogen-bond acceptors (Lipinski definition) is 6. The first-order chi connectivity index (χ1) is 16.5. The topological polar surface area (TPSA) is 101 Å². The van der Waals surface area contributed by atoms with Crippen LogP contribution in [0.4, 0.5) is 18.9 Å². The molecular formula is C22H16ClF3N4O3S2. The Labute approximate surface area is 207 Å². The number of halogens is 4. The lowest BCUT2D eigenvalue weighted by molar-refractivity contribution is -0.137. The minimum atomic E-state index is -4.73. The first-order valence-electron chi connectivity index (χ1n) is 10.00. The maximum atomic E-state index is 13.2. The fourth-order valence-corrected chi connectivity index (χ4v) is 5.52. The van der Waals surface area contributed by atoms with Crippen LogP contribution in [0, 0.1) is 0 Å². The number of hydrogen-bond donors (Lipinski definition) is 2. The van der Waals surface area contributed by atoms with Gasteiger partial charge in [0.15, 0.2) is 0 Å². The number of amides is 1. The zero-order valence-electron chi connectivity index (χ0n) is 17.6. The van der Waals surface area contributed by atoms with Gasteiger partial charge in [0.25, 0.3) is 0 Å². The summed E-state index contributed by atoms with van der Waals surface area (Å²) in [5.41, 5.74) is -0.148. The second-order valence-electron chi connectivity index (χ2n) is 7.43. The second-order valence-corrected chi connectivity index (χ2v) is 10.1. The van der Waals surface area contributed by atoms with Gasteiger partial charge in [-0.1, -0.05) is 48.0 Å². The average Bonchev–Trinajstić information content (AvgIpc) is 3.28. The molecule has 0 aliphatic heterocycles. The molecule has 4 aromatic rings. The van der Waals surface area contributed by atoms with Gasteiger partial charge >= 0.3 is 6.18 Å². The lowest BCUT2D eigenvalue weighted by Crippen LogP contribution is -2.45. The van der Waals surface area contributed by atoms with Crippen molar-refractivity contribution in [1.29, 1.82) is 0 Å². The number of carbonyl (C=O) groups is 1. The van der Waals surface area contributed by atoms with E-state index in [-0.39, 0.29) is 22.5 Å². The molecule has 13 heteroatoms. The third-order valence-electron chi connectivity index (χ3n) is 4.97. The van der Waals surface area contributed by atoms with Crippen molar-refractivity contribution < 1.29 is 26.4 Å². The van der Waals surface area contributed by atoms with Crippen LogP contribution in [0.2, 0.25) is 5.02 Å². The van der Waals surface area contributed by atoms with Gasteiger partial charge in [-0.3, -0.25) is 4.79 Å². The molecular weight excluding hydrogens is 525 g/mol. The van der Waals surface area contributed by atoms with E-state index in [0.29, 0.717) is 17.1 Å². The molecule has 2 N–H and O–H groups in total. The van der Waals surface area contributed by atoms with Crippen molar-refractivity contribution in [3.8, 4) is 0 Å². The maximum Gasteiger partial charge on any atom is 0.417 e. The molecule has 0 spiro atoms. The molecule has 0 fully saturated rings. The van der Waals surface area contributed by atoms with Crippen LogP contribution in [0.1, 0.15) is 11.1 Å². The van der Waals surface area contributed by atoms with Crippen molar-refractivity contribution in [2.75, 3.05) is 5.32 Å². The van der Waals surface area contributed by atoms with Gasteiger partial charge in [0.1, 0.15) is 22.0 Å². The summed E-state index contributed by atoms with van der Waals surface area (Å²) in [4.78, 5) is 12.9. The first-order valence-corrected chi connectivity index (χ1v) is 12.6. The minimum Gasteiger partial charge on any atom is -0.325 e. The maximum absolute atomic E-state index is 13.2. The predicted octanol–water partition coefficient (Wildman–Crippen LogP) is 4.89. The van der Waals surface area contributed by atoms with Crippen LogP contribution < -0.4 is 10.0 Å². The molecule has 4 rings (SSSR count). The summed E-state index contributed by atoms with van der Waals surface area (Å²) < 4.78 is 76.5. The number of nitrogens with one attached hydrogen (secondary N) is 2. The number of anilines is 1. The number of nitrogens with zero attached hydrogens (tertiary/aromatic N) is 2. The van der Waals surface area contributed by atoms with E-state index >= 15 is 0 Å². The SMILES string of the molecule is O=C(Nc1ccc(Cl)c(C(F)(F)F)c1)[C@@H](Cc1ccccc1)NS(=O)(=O)c1cccc2nsnc12. The molecule has 1 amide bonds. The molecule has 1 aromatic heterocycles. The van der Waals surface area contributed by atoms with Crippen molar-refractivity contribution in [3.05, 3.63) is 82.9 Å². The monoisotopic (exact) mass is 540 g/mol. The van der Waals surface area contributed by atoms with Crippen molar-refractivity contribution in [2.45, 2.75) is 23.5 Å². The van der Waals surface area contributed by atoms with Crippen LogP contribution >= 0.6 is 23.3 Å². The molecule has 3 aromatic carbocycles. The van der Waals surface area contributed by atoms with E-state index < -0.39 is 38.7 Å². The Morgan fingerprint density at radius 2 is 1.77 bits per heavy atom. The molecule has 0 bridgehead atoms. The summed E-state index contributed by atoms with van der Waals surface area (Å²) in [6.45, 7) is 0. The number of alkyl halides is 3. The standard InChI is InChI=1S/C22H16ClF3N4O3S2/c23-16-10-9-14(12-15(16)22(24,25)26)27-21(31)18(11-13-5-2-1-3-6-13)30-35(32,33)19-8-4-7-17-20(19)29-34-28-17/h1-10,12,18,30H,11H2,(H,27,31)/t18-/m1/s1. The molecule has 182 valence electrons. The highest BCUT2D eigenvalue weighted by Crippen LogP contribution is 2.36. The summed E-state index contributed by atoms with van der Waals surface area (Å²) in [6, 6.07) is 14.6. The average molecular weight is 541 g/mol. The Kier molecular flexibility index (Phi) is 7.08. The Balaban J connectivity index is 1.65. The van der Waals surface area contributed by atoms with E-state index in [1.54, 1.807) is 36.4 Å². The number of fused-ring (bicyclic) bond motifs is 1. The van der Waals surface area contributed by atoms with Crippen molar-refractivity contribution in [1.82, 2.24) is 13.5 Å². The molecule has 0 aliphatic rings. The summed E-state index contributed by atoms with van der Waals surface area (Å²) in [5, 5.41) is 1.83. The van der Waals surface area contributed by atoms with Crippen molar-refractivity contribution in [3.63, 3.8) is 0 Å². The number of benzene rings is 3. The third kappa shape index (κ3) is 5.78. The van der Waals surface area contributed by atoms with Crippen LogP contribution in [-0.4, -0.2) is 29.1 Å². The lowest BCUT2D eigenvalue weighted by Gasteiger charge is -2.19. The summed E-state index contributed by atoms with van der Waals surface area (Å²) in [5.74, 6) is -0.851.